The molecule has 0 spiro atoms. The molecule has 1 rings (SSSR count). The molecule has 3 heteroatoms. The molecule has 0 amide bonds. The average molecular weight is 207 g/mol. The van der Waals surface area contributed by atoms with Crippen molar-refractivity contribution < 1.29 is 9.53 Å². The number of nitrogens with one attached hydrogen (secondary N) is 1. The van der Waals surface area contributed by atoms with Crippen LogP contribution in [0.25, 0.3) is 0 Å². The molecule has 82 valence electrons. The van der Waals surface area contributed by atoms with E-state index in [4.69, 9.17) is 4.74 Å². The van der Waals surface area contributed by atoms with Gasteiger partial charge in [-0.1, -0.05) is 12.1 Å². The van der Waals surface area contributed by atoms with Crippen molar-refractivity contribution in [3.05, 3.63) is 29.8 Å². The lowest BCUT2D eigenvalue weighted by molar-refractivity contribution is 0.101. The van der Waals surface area contributed by atoms with Gasteiger partial charge in [-0.25, -0.2) is 0 Å². The lowest BCUT2D eigenvalue weighted by Crippen LogP contribution is -2.05. The van der Waals surface area contributed by atoms with Crippen molar-refractivity contribution in [2.75, 3.05) is 25.6 Å². The molecule has 0 unspecified atom stereocenters. The van der Waals surface area contributed by atoms with Gasteiger partial charge in [0.15, 0.2) is 5.78 Å². The largest absolute Gasteiger partial charge is 0.385 e. The van der Waals surface area contributed by atoms with Crippen LogP contribution in [0.15, 0.2) is 24.3 Å². The van der Waals surface area contributed by atoms with Gasteiger partial charge in [0, 0.05) is 31.5 Å². The highest BCUT2D eigenvalue weighted by molar-refractivity contribution is 5.94. The van der Waals surface area contributed by atoms with Gasteiger partial charge in [0.05, 0.1) is 0 Å². The van der Waals surface area contributed by atoms with Crippen LogP contribution >= 0.6 is 0 Å². The van der Waals surface area contributed by atoms with Gasteiger partial charge in [-0.15, -0.1) is 0 Å². The van der Waals surface area contributed by atoms with E-state index in [-0.39, 0.29) is 5.78 Å². The van der Waals surface area contributed by atoms with Crippen molar-refractivity contribution in [1.29, 1.82) is 0 Å². The lowest BCUT2D eigenvalue weighted by Gasteiger charge is -2.06. The molecule has 0 heterocycles. The van der Waals surface area contributed by atoms with Crippen LogP contribution in [0.1, 0.15) is 23.7 Å². The Bertz CT molecular complexity index is 323. The molecule has 0 radical (unpaired) electrons. The number of carbonyl (C=O) groups excluding carboxylic acids is 1. The number of ether oxygens (including phenoxy) is 1. The van der Waals surface area contributed by atoms with Crippen LogP contribution in [-0.4, -0.2) is 26.0 Å². The molecule has 1 aromatic rings. The zero-order valence-electron chi connectivity index (χ0n) is 9.25. The summed E-state index contributed by atoms with van der Waals surface area (Å²) in [5, 5.41) is 3.24. The van der Waals surface area contributed by atoms with Gasteiger partial charge in [0.25, 0.3) is 0 Å². The Balaban J connectivity index is 2.47. The smallest absolute Gasteiger partial charge is 0.159 e. The monoisotopic (exact) mass is 207 g/mol. The van der Waals surface area contributed by atoms with Crippen LogP contribution in [0.5, 0.6) is 0 Å². The van der Waals surface area contributed by atoms with Crippen LogP contribution < -0.4 is 5.32 Å². The summed E-state index contributed by atoms with van der Waals surface area (Å²) in [5.41, 5.74) is 1.73. The minimum atomic E-state index is 0.0931. The Labute approximate surface area is 90.4 Å². The highest BCUT2D eigenvalue weighted by atomic mass is 16.5. The summed E-state index contributed by atoms with van der Waals surface area (Å²) in [5.74, 6) is 0.0931. The number of Topliss-reactive ketones (excluding diaryl/α,β-unsaturated/α-hetero) is 1. The minimum Gasteiger partial charge on any atom is -0.385 e. The summed E-state index contributed by atoms with van der Waals surface area (Å²) in [6, 6.07) is 7.53. The highest BCUT2D eigenvalue weighted by Gasteiger charge is 1.99. The molecule has 0 aliphatic carbocycles. The second kappa shape index (κ2) is 6.19. The van der Waals surface area contributed by atoms with Crippen molar-refractivity contribution in [1.82, 2.24) is 0 Å². The van der Waals surface area contributed by atoms with Crippen molar-refractivity contribution in [3.63, 3.8) is 0 Å². The summed E-state index contributed by atoms with van der Waals surface area (Å²) in [6.45, 7) is 3.18. The van der Waals surface area contributed by atoms with E-state index in [9.17, 15) is 4.79 Å². The van der Waals surface area contributed by atoms with Gasteiger partial charge < -0.3 is 10.1 Å². The van der Waals surface area contributed by atoms with Crippen LogP contribution in [0.2, 0.25) is 0 Å². The van der Waals surface area contributed by atoms with Gasteiger partial charge in [-0.3, -0.25) is 4.79 Å². The van der Waals surface area contributed by atoms with Crippen LogP contribution in [0.3, 0.4) is 0 Å². The fourth-order valence-electron chi connectivity index (χ4n) is 1.30. The predicted molar refractivity (Wildman–Crippen MR) is 61.4 cm³/mol. The Morgan fingerprint density at radius 3 is 2.93 bits per heavy atom. The number of methoxy groups -OCH3 is 1. The first-order chi connectivity index (χ1) is 7.24. The maximum absolute atomic E-state index is 11.1. The first kappa shape index (κ1) is 11.7. The van der Waals surface area contributed by atoms with E-state index in [2.05, 4.69) is 5.32 Å². The number of carbonyl (C=O) groups is 1. The fourth-order valence-corrected chi connectivity index (χ4v) is 1.30. The second-order valence-corrected chi connectivity index (χ2v) is 3.41. The molecule has 0 saturated heterocycles. The Hall–Kier alpha value is -1.35. The topological polar surface area (TPSA) is 38.3 Å². The molecular weight excluding hydrogens is 190 g/mol. The summed E-state index contributed by atoms with van der Waals surface area (Å²) in [7, 11) is 1.69. The number of hydrogen-bond donors (Lipinski definition) is 1. The first-order valence-electron chi connectivity index (χ1n) is 5.08. The van der Waals surface area contributed by atoms with Crippen LogP contribution in [0, 0.1) is 0 Å². The molecule has 0 bridgehead atoms. The molecule has 3 nitrogen and oxygen atoms in total. The Morgan fingerprint density at radius 2 is 2.27 bits per heavy atom. The third kappa shape index (κ3) is 4.13. The lowest BCUT2D eigenvalue weighted by atomic mass is 10.1. The second-order valence-electron chi connectivity index (χ2n) is 3.41. The van der Waals surface area contributed by atoms with Gasteiger partial charge in [0.1, 0.15) is 0 Å². The zero-order valence-corrected chi connectivity index (χ0v) is 9.25. The zero-order chi connectivity index (χ0) is 11.1. The molecule has 0 aromatic heterocycles. The third-order valence-corrected chi connectivity index (χ3v) is 2.12. The SMILES string of the molecule is COCCCNc1cccc(C(C)=O)c1. The molecule has 0 atom stereocenters. The van der Waals surface area contributed by atoms with E-state index < -0.39 is 0 Å². The van der Waals surface area contributed by atoms with E-state index in [1.807, 2.05) is 24.3 Å². The molecular formula is C12H17NO2. The maximum atomic E-state index is 11.1. The van der Waals surface area contributed by atoms with Crippen molar-refractivity contribution in [2.45, 2.75) is 13.3 Å². The minimum absolute atomic E-state index is 0.0931. The predicted octanol–water partition coefficient (Wildman–Crippen LogP) is 2.34. The molecule has 0 saturated carbocycles. The summed E-state index contributed by atoms with van der Waals surface area (Å²) < 4.78 is 4.95. The van der Waals surface area contributed by atoms with E-state index in [0.717, 1.165) is 30.8 Å². The van der Waals surface area contributed by atoms with E-state index in [0.29, 0.717) is 0 Å². The molecule has 0 aliphatic rings. The van der Waals surface area contributed by atoms with Gasteiger partial charge in [-0.2, -0.15) is 0 Å². The van der Waals surface area contributed by atoms with E-state index in [1.165, 1.54) is 0 Å². The van der Waals surface area contributed by atoms with Crippen molar-refractivity contribution in [2.24, 2.45) is 0 Å². The molecule has 15 heavy (non-hydrogen) atoms. The summed E-state index contributed by atoms with van der Waals surface area (Å²) in [4.78, 5) is 11.1. The Morgan fingerprint density at radius 1 is 1.47 bits per heavy atom. The third-order valence-electron chi connectivity index (χ3n) is 2.12. The van der Waals surface area contributed by atoms with Gasteiger partial charge >= 0.3 is 0 Å². The number of anilines is 1. The van der Waals surface area contributed by atoms with Crippen LogP contribution in [0.4, 0.5) is 5.69 Å². The number of benzene rings is 1. The highest BCUT2D eigenvalue weighted by Crippen LogP contribution is 2.10. The van der Waals surface area contributed by atoms with Gasteiger partial charge in [0.2, 0.25) is 0 Å². The van der Waals surface area contributed by atoms with Crippen molar-refractivity contribution >= 4 is 11.5 Å². The quantitative estimate of drug-likeness (QED) is 0.574. The van der Waals surface area contributed by atoms with Gasteiger partial charge in [-0.05, 0) is 25.5 Å². The molecule has 1 aromatic carbocycles. The van der Waals surface area contributed by atoms with E-state index >= 15 is 0 Å². The molecule has 0 fully saturated rings. The first-order valence-corrected chi connectivity index (χ1v) is 5.08. The maximum Gasteiger partial charge on any atom is 0.159 e. The average Bonchev–Trinajstić information content (AvgIpc) is 2.25. The Kier molecular flexibility index (Phi) is 4.84. The van der Waals surface area contributed by atoms with E-state index in [1.54, 1.807) is 14.0 Å². The fraction of sp³-hybridized carbons (Fsp3) is 0.417. The number of ketones is 1. The molecule has 0 aliphatic heterocycles. The number of hydrogen-bond acceptors (Lipinski definition) is 3. The molecule has 1 N–H and O–H groups in total. The van der Waals surface area contributed by atoms with Crippen LogP contribution in [-0.2, 0) is 4.74 Å². The van der Waals surface area contributed by atoms with Crippen molar-refractivity contribution in [3.8, 4) is 0 Å². The summed E-state index contributed by atoms with van der Waals surface area (Å²) >= 11 is 0. The normalized spacial score (nSPS) is 10.0. The number of rotatable bonds is 6. The standard InChI is InChI=1S/C12H17NO2/c1-10(14)11-5-3-6-12(9-11)13-7-4-8-15-2/h3,5-6,9,13H,4,7-8H2,1-2H3. The summed E-state index contributed by atoms with van der Waals surface area (Å²) in [6.07, 6.45) is 0.959.